The topological polar surface area (TPSA) is 99.5 Å². The average molecular weight is 459 g/mol. The Balaban J connectivity index is 1.39. The Morgan fingerprint density at radius 2 is 1.82 bits per heavy atom. The van der Waals surface area contributed by atoms with Crippen molar-refractivity contribution in [3.05, 3.63) is 70.3 Å². The highest BCUT2D eigenvalue weighted by Gasteiger charge is 2.12. The van der Waals surface area contributed by atoms with E-state index in [0.29, 0.717) is 23.1 Å². The number of hydrogen-bond donors (Lipinski definition) is 1. The van der Waals surface area contributed by atoms with Gasteiger partial charge in [0.05, 0.1) is 17.3 Å². The number of halogens is 2. The van der Waals surface area contributed by atoms with Gasteiger partial charge in [-0.2, -0.15) is 8.78 Å². The number of para-hydroxylation sites is 1. The second-order valence-corrected chi connectivity index (χ2v) is 7.19. The summed E-state index contributed by atoms with van der Waals surface area (Å²) in [5.41, 5.74) is 1.18. The zero-order chi connectivity index (χ0) is 23.8. The van der Waals surface area contributed by atoms with Gasteiger partial charge in [-0.25, -0.2) is 4.98 Å². The first kappa shape index (κ1) is 23.8. The van der Waals surface area contributed by atoms with Crippen LogP contribution in [-0.4, -0.2) is 41.2 Å². The van der Waals surface area contributed by atoms with E-state index < -0.39 is 25.1 Å². The molecule has 2 aromatic carbocycles. The Morgan fingerprint density at radius 1 is 1.09 bits per heavy atom. The van der Waals surface area contributed by atoms with Crippen molar-refractivity contribution in [2.24, 2.45) is 7.05 Å². The van der Waals surface area contributed by atoms with E-state index in [-0.39, 0.29) is 30.7 Å². The zero-order valence-corrected chi connectivity index (χ0v) is 17.9. The van der Waals surface area contributed by atoms with Gasteiger partial charge in [0.25, 0.3) is 11.5 Å². The molecule has 0 aliphatic heterocycles. The van der Waals surface area contributed by atoms with Crippen LogP contribution in [0, 0.1) is 0 Å². The van der Waals surface area contributed by atoms with Crippen molar-refractivity contribution in [2.45, 2.75) is 25.9 Å². The molecule has 0 aliphatic carbocycles. The molecule has 0 bridgehead atoms. The number of esters is 1. The van der Waals surface area contributed by atoms with E-state index in [0.717, 1.165) is 5.56 Å². The summed E-state index contributed by atoms with van der Waals surface area (Å²) in [5, 5.41) is 3.12. The van der Waals surface area contributed by atoms with Crippen LogP contribution in [0.25, 0.3) is 10.9 Å². The highest BCUT2D eigenvalue weighted by Crippen LogP contribution is 2.15. The lowest BCUT2D eigenvalue weighted by Gasteiger charge is -2.10. The second-order valence-electron chi connectivity index (χ2n) is 7.19. The molecular weight excluding hydrogens is 436 g/mol. The molecule has 0 atom stereocenters. The largest absolute Gasteiger partial charge is 0.456 e. The standard InChI is InChI=1S/C23H23F2N3O5/c1-28-19(27-18-5-3-2-4-17(18)22(28)31)10-11-21(30)32-14-20(29)26-13-12-15-6-8-16(9-7-15)33-23(24)25/h2-9,23H,10-14H2,1H3,(H,26,29). The van der Waals surface area contributed by atoms with Crippen molar-refractivity contribution >= 4 is 22.8 Å². The highest BCUT2D eigenvalue weighted by atomic mass is 19.3. The summed E-state index contributed by atoms with van der Waals surface area (Å²) in [6, 6.07) is 13.1. The van der Waals surface area contributed by atoms with Crippen LogP contribution in [0.1, 0.15) is 17.8 Å². The third-order valence-corrected chi connectivity index (χ3v) is 4.88. The van der Waals surface area contributed by atoms with Crippen LogP contribution < -0.4 is 15.6 Å². The van der Waals surface area contributed by atoms with Gasteiger partial charge in [0, 0.05) is 20.0 Å². The molecule has 0 unspecified atom stereocenters. The molecule has 0 saturated carbocycles. The molecule has 0 fully saturated rings. The molecule has 1 aromatic heterocycles. The molecule has 3 aromatic rings. The number of nitrogens with zero attached hydrogens (tertiary/aromatic N) is 2. The normalized spacial score (nSPS) is 10.9. The summed E-state index contributed by atoms with van der Waals surface area (Å²) < 4.78 is 34.9. The number of aryl methyl sites for hydroxylation is 1. The van der Waals surface area contributed by atoms with Crippen LogP contribution in [0.4, 0.5) is 8.78 Å². The zero-order valence-electron chi connectivity index (χ0n) is 17.9. The number of alkyl halides is 2. The van der Waals surface area contributed by atoms with E-state index in [2.05, 4.69) is 15.0 Å². The Bertz CT molecular complexity index is 1180. The van der Waals surface area contributed by atoms with Gasteiger partial charge >= 0.3 is 12.6 Å². The maximum absolute atomic E-state index is 12.4. The maximum atomic E-state index is 12.4. The van der Waals surface area contributed by atoms with Crippen molar-refractivity contribution in [2.75, 3.05) is 13.2 Å². The first-order valence-electron chi connectivity index (χ1n) is 10.2. The number of carbonyl (C=O) groups is 2. The summed E-state index contributed by atoms with van der Waals surface area (Å²) in [6.07, 6.45) is 0.636. The van der Waals surface area contributed by atoms with Gasteiger partial charge in [0.2, 0.25) is 0 Å². The van der Waals surface area contributed by atoms with E-state index in [1.165, 1.54) is 16.7 Å². The number of aromatic nitrogens is 2. The summed E-state index contributed by atoms with van der Waals surface area (Å²) >= 11 is 0. The Labute approximate surface area is 188 Å². The fraction of sp³-hybridized carbons (Fsp3) is 0.304. The summed E-state index contributed by atoms with van der Waals surface area (Å²) in [5.74, 6) is -0.534. The van der Waals surface area contributed by atoms with Crippen LogP contribution in [0.3, 0.4) is 0 Å². The van der Waals surface area contributed by atoms with Crippen molar-refractivity contribution in [1.29, 1.82) is 0 Å². The molecule has 0 spiro atoms. The van der Waals surface area contributed by atoms with E-state index >= 15 is 0 Å². The molecule has 1 amide bonds. The molecule has 174 valence electrons. The SMILES string of the molecule is Cn1c(CCC(=O)OCC(=O)NCCc2ccc(OC(F)F)cc2)nc2ccccc2c1=O. The number of carbonyl (C=O) groups excluding carboxylic acids is 2. The van der Waals surface area contributed by atoms with Crippen LogP contribution in [0.2, 0.25) is 0 Å². The van der Waals surface area contributed by atoms with E-state index in [1.54, 1.807) is 43.4 Å². The minimum atomic E-state index is -2.88. The number of rotatable bonds is 10. The summed E-state index contributed by atoms with van der Waals surface area (Å²) in [4.78, 5) is 40.7. The molecule has 3 rings (SSSR count). The number of ether oxygens (including phenoxy) is 2. The van der Waals surface area contributed by atoms with Gasteiger partial charge in [0.1, 0.15) is 11.6 Å². The maximum Gasteiger partial charge on any atom is 0.387 e. The third kappa shape index (κ3) is 6.83. The summed E-state index contributed by atoms with van der Waals surface area (Å²) in [6.45, 7) is -3.02. The molecule has 0 aliphatic rings. The van der Waals surface area contributed by atoms with Crippen LogP contribution in [0.5, 0.6) is 5.75 Å². The molecule has 10 heteroatoms. The quantitative estimate of drug-likeness (QED) is 0.468. The minimum Gasteiger partial charge on any atom is -0.456 e. The average Bonchev–Trinajstić information content (AvgIpc) is 2.80. The number of benzene rings is 2. The fourth-order valence-electron chi connectivity index (χ4n) is 3.15. The van der Waals surface area contributed by atoms with Crippen LogP contribution >= 0.6 is 0 Å². The Kier molecular flexibility index (Phi) is 8.06. The first-order chi connectivity index (χ1) is 15.8. The Morgan fingerprint density at radius 3 is 2.55 bits per heavy atom. The minimum absolute atomic E-state index is 0.0288. The van der Waals surface area contributed by atoms with Gasteiger partial charge in [-0.3, -0.25) is 19.0 Å². The molecule has 8 nitrogen and oxygen atoms in total. The number of nitrogens with one attached hydrogen (secondary N) is 1. The number of fused-ring (bicyclic) bond motifs is 1. The lowest BCUT2D eigenvalue weighted by Crippen LogP contribution is -2.30. The second kappa shape index (κ2) is 11.2. The summed E-state index contributed by atoms with van der Waals surface area (Å²) in [7, 11) is 1.59. The van der Waals surface area contributed by atoms with Crippen LogP contribution in [0.15, 0.2) is 53.3 Å². The third-order valence-electron chi connectivity index (χ3n) is 4.88. The lowest BCUT2D eigenvalue weighted by molar-refractivity contribution is -0.148. The van der Waals surface area contributed by atoms with Gasteiger partial charge in [-0.15, -0.1) is 0 Å². The van der Waals surface area contributed by atoms with Crippen molar-refractivity contribution in [3.8, 4) is 5.75 Å². The van der Waals surface area contributed by atoms with E-state index in [4.69, 9.17) is 4.74 Å². The van der Waals surface area contributed by atoms with Gasteiger partial charge < -0.3 is 14.8 Å². The predicted octanol–water partition coefficient (Wildman–Crippen LogP) is 2.37. The van der Waals surface area contributed by atoms with E-state index in [9.17, 15) is 23.2 Å². The monoisotopic (exact) mass is 459 g/mol. The molecule has 1 heterocycles. The molecular formula is C23H23F2N3O5. The smallest absolute Gasteiger partial charge is 0.387 e. The van der Waals surface area contributed by atoms with Gasteiger partial charge in [-0.05, 0) is 36.2 Å². The number of amides is 1. The molecule has 1 N–H and O–H groups in total. The van der Waals surface area contributed by atoms with Crippen molar-refractivity contribution in [1.82, 2.24) is 14.9 Å². The highest BCUT2D eigenvalue weighted by molar-refractivity contribution is 5.80. The first-order valence-corrected chi connectivity index (χ1v) is 10.2. The molecule has 33 heavy (non-hydrogen) atoms. The van der Waals surface area contributed by atoms with Crippen molar-refractivity contribution in [3.63, 3.8) is 0 Å². The fourth-order valence-corrected chi connectivity index (χ4v) is 3.15. The molecule has 0 radical (unpaired) electrons. The van der Waals surface area contributed by atoms with E-state index in [1.807, 2.05) is 0 Å². The predicted molar refractivity (Wildman–Crippen MR) is 116 cm³/mol. The lowest BCUT2D eigenvalue weighted by atomic mass is 10.1. The Hall–Kier alpha value is -3.82. The van der Waals surface area contributed by atoms with Gasteiger partial charge in [-0.1, -0.05) is 24.3 Å². The van der Waals surface area contributed by atoms with Crippen molar-refractivity contribution < 1.29 is 27.8 Å². The van der Waals surface area contributed by atoms with Crippen LogP contribution in [-0.2, 0) is 34.2 Å². The molecule has 0 saturated heterocycles. The van der Waals surface area contributed by atoms with Gasteiger partial charge in [0.15, 0.2) is 6.61 Å². The number of hydrogen-bond acceptors (Lipinski definition) is 6.